The van der Waals surface area contributed by atoms with E-state index in [1.54, 1.807) is 0 Å². The van der Waals surface area contributed by atoms with Gasteiger partial charge in [-0.05, 0) is 37.5 Å². The molecular weight excluding hydrogens is 214 g/mol. The minimum atomic E-state index is -0.159. The zero-order valence-corrected chi connectivity index (χ0v) is 10.1. The van der Waals surface area contributed by atoms with Gasteiger partial charge in [0, 0.05) is 5.56 Å². The molecule has 0 amide bonds. The summed E-state index contributed by atoms with van der Waals surface area (Å²) in [5, 5.41) is 0. The molecule has 17 heavy (non-hydrogen) atoms. The van der Waals surface area contributed by atoms with Gasteiger partial charge in [0.1, 0.15) is 12.7 Å². The van der Waals surface area contributed by atoms with Crippen LogP contribution < -0.4 is 0 Å². The highest BCUT2D eigenvalue weighted by Crippen LogP contribution is 2.18. The number of hydrogen-bond acceptors (Lipinski definition) is 4. The van der Waals surface area contributed by atoms with E-state index in [4.69, 9.17) is 0 Å². The van der Waals surface area contributed by atoms with Crippen molar-refractivity contribution in [3.63, 3.8) is 0 Å². The van der Waals surface area contributed by atoms with E-state index in [-0.39, 0.29) is 11.6 Å². The molecule has 2 rings (SSSR count). The number of rotatable bonds is 2. The quantitative estimate of drug-likeness (QED) is 0.736. The van der Waals surface area contributed by atoms with Crippen LogP contribution in [0.1, 0.15) is 32.9 Å². The van der Waals surface area contributed by atoms with Crippen molar-refractivity contribution in [2.24, 2.45) is 0 Å². The number of nitrogens with zero attached hydrogens (tertiary/aromatic N) is 3. The van der Waals surface area contributed by atoms with Crippen molar-refractivity contribution in [3.05, 3.63) is 52.9 Å². The topological polar surface area (TPSA) is 55.7 Å². The van der Waals surface area contributed by atoms with Crippen molar-refractivity contribution >= 4 is 5.78 Å². The third-order valence-electron chi connectivity index (χ3n) is 3.00. The predicted molar refractivity (Wildman–Crippen MR) is 63.9 cm³/mol. The summed E-state index contributed by atoms with van der Waals surface area (Å²) in [5.74, 6) is 0.0272. The Labute approximate surface area is 99.8 Å². The SMILES string of the molecule is Cc1ccc(C(=O)c2ncncn2)c(C)c1C. The fraction of sp³-hybridized carbons (Fsp3) is 0.231. The minimum absolute atomic E-state index is 0.159. The van der Waals surface area contributed by atoms with Gasteiger partial charge in [0.2, 0.25) is 11.6 Å². The molecule has 1 aromatic carbocycles. The van der Waals surface area contributed by atoms with Crippen LogP contribution in [0.4, 0.5) is 0 Å². The first-order valence-corrected chi connectivity index (χ1v) is 5.34. The molecule has 0 bridgehead atoms. The summed E-state index contributed by atoms with van der Waals surface area (Å²) < 4.78 is 0. The van der Waals surface area contributed by atoms with Gasteiger partial charge in [0.05, 0.1) is 0 Å². The van der Waals surface area contributed by atoms with E-state index in [0.717, 1.165) is 11.1 Å². The molecule has 4 nitrogen and oxygen atoms in total. The lowest BCUT2D eigenvalue weighted by atomic mass is 9.96. The van der Waals surface area contributed by atoms with Crippen molar-refractivity contribution in [3.8, 4) is 0 Å². The van der Waals surface area contributed by atoms with Gasteiger partial charge in [-0.3, -0.25) is 4.79 Å². The Hall–Kier alpha value is -2.10. The molecule has 1 heterocycles. The Balaban J connectivity index is 2.49. The van der Waals surface area contributed by atoms with Crippen LogP contribution in [0.3, 0.4) is 0 Å². The number of aromatic nitrogens is 3. The molecule has 0 fully saturated rings. The second kappa shape index (κ2) is 4.41. The Kier molecular flexibility index (Phi) is 2.95. The lowest BCUT2D eigenvalue weighted by Crippen LogP contribution is -2.09. The molecular formula is C13H13N3O. The van der Waals surface area contributed by atoms with Gasteiger partial charge in [0.25, 0.3) is 0 Å². The van der Waals surface area contributed by atoms with Gasteiger partial charge in [0.15, 0.2) is 0 Å². The predicted octanol–water partition coefficient (Wildman–Crippen LogP) is 2.03. The average molecular weight is 227 g/mol. The second-order valence-corrected chi connectivity index (χ2v) is 3.97. The summed E-state index contributed by atoms with van der Waals surface area (Å²) >= 11 is 0. The van der Waals surface area contributed by atoms with Crippen LogP contribution in [0.5, 0.6) is 0 Å². The number of carbonyl (C=O) groups is 1. The lowest BCUT2D eigenvalue weighted by molar-refractivity contribution is 0.102. The molecule has 0 saturated heterocycles. The van der Waals surface area contributed by atoms with Crippen LogP contribution in [-0.2, 0) is 0 Å². The maximum atomic E-state index is 12.2. The second-order valence-electron chi connectivity index (χ2n) is 3.97. The first-order chi connectivity index (χ1) is 8.11. The largest absolute Gasteiger partial charge is 0.285 e. The molecule has 2 aromatic rings. The van der Waals surface area contributed by atoms with Gasteiger partial charge >= 0.3 is 0 Å². The van der Waals surface area contributed by atoms with Crippen molar-refractivity contribution in [2.75, 3.05) is 0 Å². The van der Waals surface area contributed by atoms with E-state index in [0.29, 0.717) is 5.56 Å². The Bertz CT molecular complexity index is 564. The molecule has 86 valence electrons. The fourth-order valence-electron chi connectivity index (χ4n) is 1.68. The number of benzene rings is 1. The summed E-state index contributed by atoms with van der Waals surface area (Å²) in [5.41, 5.74) is 3.94. The normalized spacial score (nSPS) is 10.3. The van der Waals surface area contributed by atoms with Crippen molar-refractivity contribution in [1.29, 1.82) is 0 Å². The van der Waals surface area contributed by atoms with Crippen LogP contribution in [0.15, 0.2) is 24.8 Å². The maximum Gasteiger partial charge on any atom is 0.230 e. The van der Waals surface area contributed by atoms with Crippen LogP contribution in [0, 0.1) is 20.8 Å². The summed E-state index contributed by atoms with van der Waals surface area (Å²) in [6.45, 7) is 5.98. The molecule has 0 radical (unpaired) electrons. The molecule has 0 atom stereocenters. The van der Waals surface area contributed by atoms with E-state index >= 15 is 0 Å². The zero-order chi connectivity index (χ0) is 12.4. The molecule has 0 aliphatic carbocycles. The maximum absolute atomic E-state index is 12.2. The van der Waals surface area contributed by atoms with Crippen LogP contribution in [0.25, 0.3) is 0 Å². The van der Waals surface area contributed by atoms with Crippen LogP contribution in [-0.4, -0.2) is 20.7 Å². The molecule has 1 aromatic heterocycles. The minimum Gasteiger partial charge on any atom is -0.285 e. The summed E-state index contributed by atoms with van der Waals surface area (Å²) in [6, 6.07) is 3.76. The number of carbonyl (C=O) groups excluding carboxylic acids is 1. The molecule has 4 heteroatoms. The third kappa shape index (κ3) is 2.06. The van der Waals surface area contributed by atoms with E-state index in [1.807, 2.05) is 32.9 Å². The summed E-state index contributed by atoms with van der Waals surface area (Å²) in [4.78, 5) is 23.6. The van der Waals surface area contributed by atoms with E-state index in [2.05, 4.69) is 15.0 Å². The highest BCUT2D eigenvalue weighted by Gasteiger charge is 2.15. The number of aryl methyl sites for hydroxylation is 1. The Morgan fingerprint density at radius 3 is 2.29 bits per heavy atom. The molecule has 0 spiro atoms. The Morgan fingerprint density at radius 1 is 1.00 bits per heavy atom. The van der Waals surface area contributed by atoms with E-state index < -0.39 is 0 Å². The summed E-state index contributed by atoms with van der Waals surface area (Å²) in [7, 11) is 0. The zero-order valence-electron chi connectivity index (χ0n) is 10.1. The highest BCUT2D eigenvalue weighted by atomic mass is 16.1. The molecule has 0 aliphatic rings. The number of hydrogen-bond donors (Lipinski definition) is 0. The molecule has 0 aliphatic heterocycles. The Morgan fingerprint density at radius 2 is 1.65 bits per heavy atom. The van der Waals surface area contributed by atoms with Gasteiger partial charge in [-0.25, -0.2) is 15.0 Å². The molecule has 0 saturated carbocycles. The smallest absolute Gasteiger partial charge is 0.230 e. The van der Waals surface area contributed by atoms with Crippen molar-refractivity contribution in [1.82, 2.24) is 15.0 Å². The first kappa shape index (κ1) is 11.4. The standard InChI is InChI=1S/C13H13N3O/c1-8-4-5-11(10(3)9(8)2)12(17)13-15-6-14-7-16-13/h4-7H,1-3H3. The molecule has 0 unspecified atom stereocenters. The van der Waals surface area contributed by atoms with Crippen molar-refractivity contribution in [2.45, 2.75) is 20.8 Å². The monoisotopic (exact) mass is 227 g/mol. The van der Waals surface area contributed by atoms with Crippen LogP contribution >= 0.6 is 0 Å². The fourth-order valence-corrected chi connectivity index (χ4v) is 1.68. The van der Waals surface area contributed by atoms with Gasteiger partial charge in [-0.2, -0.15) is 0 Å². The van der Waals surface area contributed by atoms with Crippen molar-refractivity contribution < 1.29 is 4.79 Å². The van der Waals surface area contributed by atoms with Gasteiger partial charge in [-0.1, -0.05) is 12.1 Å². The van der Waals surface area contributed by atoms with Crippen LogP contribution in [0.2, 0.25) is 0 Å². The summed E-state index contributed by atoms with van der Waals surface area (Å²) in [6.07, 6.45) is 2.66. The lowest BCUT2D eigenvalue weighted by Gasteiger charge is -2.09. The first-order valence-electron chi connectivity index (χ1n) is 5.34. The van der Waals surface area contributed by atoms with Gasteiger partial charge < -0.3 is 0 Å². The van der Waals surface area contributed by atoms with E-state index in [1.165, 1.54) is 18.2 Å². The number of ketones is 1. The molecule has 0 N–H and O–H groups in total. The van der Waals surface area contributed by atoms with Gasteiger partial charge in [-0.15, -0.1) is 0 Å². The third-order valence-corrected chi connectivity index (χ3v) is 3.00. The highest BCUT2D eigenvalue weighted by molar-refractivity contribution is 6.07. The van der Waals surface area contributed by atoms with E-state index in [9.17, 15) is 4.79 Å². The average Bonchev–Trinajstić information content (AvgIpc) is 2.36.